The summed E-state index contributed by atoms with van der Waals surface area (Å²) in [6.07, 6.45) is 4.32. The third-order valence-corrected chi connectivity index (χ3v) is 0.796. The lowest BCUT2D eigenvalue weighted by Crippen LogP contribution is -2.43. The van der Waals surface area contributed by atoms with Gasteiger partial charge in [-0.3, -0.25) is 0 Å². The van der Waals surface area contributed by atoms with Crippen LogP contribution in [0.1, 0.15) is 6.92 Å². The first kappa shape index (κ1) is 8.34. The largest absolute Gasteiger partial charge is 0.357 e. The van der Waals surface area contributed by atoms with Gasteiger partial charge in [0, 0.05) is 6.92 Å². The molecular weight excluding hydrogens is 130 g/mol. The minimum absolute atomic E-state index is 0.423. The molecular formula is C5H6F2O2. The number of terminal acetylenes is 1. The number of halogens is 2. The van der Waals surface area contributed by atoms with Crippen LogP contribution in [0.3, 0.4) is 0 Å². The van der Waals surface area contributed by atoms with E-state index in [1.165, 1.54) is 0 Å². The summed E-state index contributed by atoms with van der Waals surface area (Å²) in [7, 11) is 0. The van der Waals surface area contributed by atoms with E-state index in [-0.39, 0.29) is 0 Å². The molecule has 0 heterocycles. The average molecular weight is 136 g/mol. The molecule has 0 aromatic carbocycles. The molecule has 4 heteroatoms. The van der Waals surface area contributed by atoms with Crippen molar-refractivity contribution in [3.63, 3.8) is 0 Å². The molecule has 52 valence electrons. The minimum Gasteiger partial charge on any atom is -0.357 e. The number of aliphatic hydroxyl groups is 2. The molecule has 0 aliphatic heterocycles. The second-order valence-electron chi connectivity index (χ2n) is 1.72. The molecule has 2 nitrogen and oxygen atoms in total. The molecule has 0 rings (SSSR count). The Morgan fingerprint density at radius 2 is 1.78 bits per heavy atom. The summed E-state index contributed by atoms with van der Waals surface area (Å²) in [6.45, 7) is 0.423. The Hall–Kier alpha value is -0.660. The van der Waals surface area contributed by atoms with Gasteiger partial charge in [-0.2, -0.15) is 4.39 Å². The van der Waals surface area contributed by atoms with Gasteiger partial charge in [0.05, 0.1) is 0 Å². The Labute approximate surface area is 51.1 Å². The lowest BCUT2D eigenvalue weighted by atomic mass is 10.2. The van der Waals surface area contributed by atoms with E-state index in [0.29, 0.717) is 6.92 Å². The van der Waals surface area contributed by atoms with Crippen molar-refractivity contribution in [3.8, 4) is 12.3 Å². The fourth-order valence-corrected chi connectivity index (χ4v) is 0.132. The van der Waals surface area contributed by atoms with Crippen molar-refractivity contribution in [2.75, 3.05) is 0 Å². The van der Waals surface area contributed by atoms with Crippen LogP contribution in [0, 0.1) is 12.3 Å². The molecule has 0 amide bonds. The van der Waals surface area contributed by atoms with E-state index in [4.69, 9.17) is 10.2 Å². The monoisotopic (exact) mass is 136 g/mol. The van der Waals surface area contributed by atoms with Crippen molar-refractivity contribution in [3.05, 3.63) is 0 Å². The quantitative estimate of drug-likeness (QED) is 0.496. The molecule has 0 aromatic rings. The van der Waals surface area contributed by atoms with E-state index >= 15 is 0 Å². The van der Waals surface area contributed by atoms with Gasteiger partial charge in [-0.15, -0.1) is 6.42 Å². The Balaban J connectivity index is 4.39. The van der Waals surface area contributed by atoms with Gasteiger partial charge >= 0.3 is 5.85 Å². The summed E-state index contributed by atoms with van der Waals surface area (Å²) in [5, 5.41) is 16.2. The van der Waals surface area contributed by atoms with Gasteiger partial charge in [-0.25, -0.2) is 4.39 Å². The third-order valence-electron chi connectivity index (χ3n) is 0.796. The van der Waals surface area contributed by atoms with Crippen molar-refractivity contribution in [1.29, 1.82) is 0 Å². The topological polar surface area (TPSA) is 40.5 Å². The van der Waals surface area contributed by atoms with Crippen molar-refractivity contribution in [2.45, 2.75) is 18.6 Å². The van der Waals surface area contributed by atoms with Gasteiger partial charge in [0.15, 0.2) is 0 Å². The predicted molar refractivity (Wildman–Crippen MR) is 26.6 cm³/mol. The molecule has 9 heavy (non-hydrogen) atoms. The van der Waals surface area contributed by atoms with E-state index in [1.807, 2.05) is 0 Å². The third kappa shape index (κ3) is 1.63. The van der Waals surface area contributed by atoms with Crippen LogP contribution in [0.15, 0.2) is 0 Å². The summed E-state index contributed by atoms with van der Waals surface area (Å²) in [6, 6.07) is 0. The van der Waals surface area contributed by atoms with Crippen LogP contribution in [0.25, 0.3) is 0 Å². The second-order valence-corrected chi connectivity index (χ2v) is 1.72. The van der Waals surface area contributed by atoms with Crippen LogP contribution in [0.2, 0.25) is 0 Å². The lowest BCUT2D eigenvalue weighted by molar-refractivity contribution is -0.246. The average Bonchev–Trinajstić information content (AvgIpc) is 1.64. The Morgan fingerprint density at radius 1 is 1.44 bits per heavy atom. The molecule has 0 saturated heterocycles. The highest BCUT2D eigenvalue weighted by Gasteiger charge is 2.46. The fraction of sp³-hybridized carbons (Fsp3) is 0.600. The van der Waals surface area contributed by atoms with Crippen LogP contribution < -0.4 is 0 Å². The standard InChI is InChI=1S/C5H6F2O2/c1-3-5(7,9)4(2,6)8/h1,8-9H,2H3. The molecule has 0 radical (unpaired) electrons. The first-order chi connectivity index (χ1) is 3.81. The number of hydrogen-bond donors (Lipinski definition) is 2. The summed E-state index contributed by atoms with van der Waals surface area (Å²) in [4.78, 5) is 0. The number of hydrogen-bond acceptors (Lipinski definition) is 2. The Kier molecular flexibility index (Phi) is 1.80. The fourth-order valence-electron chi connectivity index (χ4n) is 0.132. The first-order valence-corrected chi connectivity index (χ1v) is 2.11. The molecule has 2 N–H and O–H groups in total. The predicted octanol–water partition coefficient (Wildman–Crippen LogP) is -0.0443. The zero-order valence-corrected chi connectivity index (χ0v) is 4.73. The molecule has 0 aliphatic rings. The van der Waals surface area contributed by atoms with Crippen LogP contribution in [-0.2, 0) is 0 Å². The zero-order valence-electron chi connectivity index (χ0n) is 4.73. The first-order valence-electron chi connectivity index (χ1n) is 2.11. The van der Waals surface area contributed by atoms with Crippen LogP contribution in [0.4, 0.5) is 8.78 Å². The van der Waals surface area contributed by atoms with Crippen molar-refractivity contribution >= 4 is 0 Å². The van der Waals surface area contributed by atoms with Gasteiger partial charge in [-0.05, 0) is 5.92 Å². The van der Waals surface area contributed by atoms with Crippen LogP contribution in [0.5, 0.6) is 0 Å². The van der Waals surface area contributed by atoms with E-state index in [0.717, 1.165) is 5.92 Å². The zero-order chi connectivity index (χ0) is 7.71. The summed E-state index contributed by atoms with van der Waals surface area (Å²) in [5.74, 6) is -5.96. The second kappa shape index (κ2) is 1.94. The van der Waals surface area contributed by atoms with E-state index in [2.05, 4.69) is 6.42 Å². The lowest BCUT2D eigenvalue weighted by Gasteiger charge is -2.21. The highest BCUT2D eigenvalue weighted by molar-refractivity contribution is 5.06. The molecule has 0 aromatic heterocycles. The van der Waals surface area contributed by atoms with Gasteiger partial charge < -0.3 is 10.2 Å². The Bertz CT molecular complexity index is 140. The highest BCUT2D eigenvalue weighted by Crippen LogP contribution is 2.23. The highest BCUT2D eigenvalue weighted by atomic mass is 19.2. The maximum Gasteiger partial charge on any atom is 0.328 e. The molecule has 0 spiro atoms. The van der Waals surface area contributed by atoms with E-state index < -0.39 is 11.7 Å². The normalized spacial score (nSPS) is 23.6. The number of rotatable bonds is 1. The molecule has 0 aliphatic carbocycles. The van der Waals surface area contributed by atoms with Crippen molar-refractivity contribution in [1.82, 2.24) is 0 Å². The minimum atomic E-state index is -3.60. The SMILES string of the molecule is C#CC(O)(F)C(C)(O)F. The molecule has 0 bridgehead atoms. The Morgan fingerprint density at radius 3 is 1.78 bits per heavy atom. The summed E-state index contributed by atoms with van der Waals surface area (Å²) < 4.78 is 24.0. The summed E-state index contributed by atoms with van der Waals surface area (Å²) >= 11 is 0. The molecule has 2 unspecified atom stereocenters. The smallest absolute Gasteiger partial charge is 0.328 e. The molecule has 2 atom stereocenters. The molecule has 0 fully saturated rings. The van der Waals surface area contributed by atoms with Crippen molar-refractivity contribution < 1.29 is 19.0 Å². The maximum absolute atomic E-state index is 12.0. The van der Waals surface area contributed by atoms with Gasteiger partial charge in [0.1, 0.15) is 0 Å². The van der Waals surface area contributed by atoms with E-state index in [1.54, 1.807) is 0 Å². The maximum atomic E-state index is 12.0. The number of alkyl halides is 2. The van der Waals surface area contributed by atoms with Crippen LogP contribution in [-0.4, -0.2) is 21.9 Å². The van der Waals surface area contributed by atoms with Gasteiger partial charge in [0.2, 0.25) is 0 Å². The molecule has 0 saturated carbocycles. The van der Waals surface area contributed by atoms with Gasteiger partial charge in [0.25, 0.3) is 5.85 Å². The van der Waals surface area contributed by atoms with Gasteiger partial charge in [-0.1, -0.05) is 0 Å². The van der Waals surface area contributed by atoms with Crippen LogP contribution >= 0.6 is 0 Å². The van der Waals surface area contributed by atoms with Crippen molar-refractivity contribution in [2.24, 2.45) is 0 Å². The van der Waals surface area contributed by atoms with E-state index in [9.17, 15) is 8.78 Å². The summed E-state index contributed by atoms with van der Waals surface area (Å²) in [5.41, 5.74) is 0.